The number of hydrogen-bond donors (Lipinski definition) is 1. The van der Waals surface area contributed by atoms with Gasteiger partial charge in [0.2, 0.25) is 15.9 Å². The average molecular weight is 247 g/mol. The molecule has 0 saturated heterocycles. The van der Waals surface area contributed by atoms with Crippen LogP contribution in [-0.2, 0) is 15.9 Å². The lowest BCUT2D eigenvalue weighted by Gasteiger charge is -1.95. The fourth-order valence-corrected chi connectivity index (χ4v) is 1.84. The number of alkyl halides is 1. The molecule has 7 heteroatoms. The van der Waals surface area contributed by atoms with E-state index in [4.69, 9.17) is 21.2 Å². The summed E-state index contributed by atoms with van der Waals surface area (Å²) in [7, 11) is -3.71. The highest BCUT2D eigenvalue weighted by atomic mass is 35.5. The highest BCUT2D eigenvalue weighted by Crippen LogP contribution is 2.19. The third-order valence-corrected chi connectivity index (χ3v) is 2.99. The van der Waals surface area contributed by atoms with Crippen LogP contribution in [-0.4, -0.2) is 13.4 Å². The van der Waals surface area contributed by atoms with Gasteiger partial charge < -0.3 is 4.42 Å². The van der Waals surface area contributed by atoms with Gasteiger partial charge in [0.15, 0.2) is 5.58 Å². The molecule has 0 aliphatic carbocycles. The highest BCUT2D eigenvalue weighted by Gasteiger charge is 2.11. The minimum atomic E-state index is -3.71. The molecule has 0 bridgehead atoms. The summed E-state index contributed by atoms with van der Waals surface area (Å²) in [6.45, 7) is 0. The number of primary sulfonamides is 1. The first-order valence-electron chi connectivity index (χ1n) is 3.99. The second-order valence-electron chi connectivity index (χ2n) is 2.92. The number of nitrogens with zero attached hydrogens (tertiary/aromatic N) is 1. The molecule has 80 valence electrons. The number of hydrogen-bond acceptors (Lipinski definition) is 4. The first-order valence-corrected chi connectivity index (χ1v) is 6.07. The molecule has 1 aromatic heterocycles. The summed E-state index contributed by atoms with van der Waals surface area (Å²) < 4.78 is 27.3. The molecule has 0 aliphatic rings. The fourth-order valence-electron chi connectivity index (χ4n) is 1.19. The van der Waals surface area contributed by atoms with Crippen LogP contribution in [0, 0.1) is 0 Å². The van der Waals surface area contributed by atoms with Crippen LogP contribution in [0.15, 0.2) is 27.5 Å². The first-order chi connectivity index (χ1) is 7.00. The van der Waals surface area contributed by atoms with E-state index in [-0.39, 0.29) is 10.8 Å². The number of benzene rings is 1. The third-order valence-electron chi connectivity index (χ3n) is 1.85. The van der Waals surface area contributed by atoms with Crippen molar-refractivity contribution in [3.63, 3.8) is 0 Å². The van der Waals surface area contributed by atoms with Gasteiger partial charge in [0.05, 0.1) is 10.8 Å². The number of nitrogens with two attached hydrogens (primary N) is 1. The van der Waals surface area contributed by atoms with E-state index in [0.717, 1.165) is 0 Å². The Labute approximate surface area is 90.9 Å². The van der Waals surface area contributed by atoms with Crippen LogP contribution in [0.3, 0.4) is 0 Å². The van der Waals surface area contributed by atoms with Gasteiger partial charge in [-0.15, -0.1) is 11.6 Å². The van der Waals surface area contributed by atoms with Crippen molar-refractivity contribution in [3.05, 3.63) is 24.1 Å². The van der Waals surface area contributed by atoms with Crippen molar-refractivity contribution in [3.8, 4) is 0 Å². The Balaban J connectivity index is 2.66. The van der Waals surface area contributed by atoms with Crippen LogP contribution in [0.1, 0.15) is 5.89 Å². The van der Waals surface area contributed by atoms with Gasteiger partial charge in [0.25, 0.3) is 0 Å². The van der Waals surface area contributed by atoms with E-state index in [1.165, 1.54) is 18.2 Å². The van der Waals surface area contributed by atoms with Gasteiger partial charge >= 0.3 is 0 Å². The smallest absolute Gasteiger partial charge is 0.238 e. The highest BCUT2D eigenvalue weighted by molar-refractivity contribution is 7.89. The zero-order valence-corrected chi connectivity index (χ0v) is 9.05. The SMILES string of the molecule is NS(=O)(=O)c1ccc2oc(CCl)nc2c1. The molecule has 2 rings (SSSR count). The second-order valence-corrected chi connectivity index (χ2v) is 4.74. The number of aromatic nitrogens is 1. The molecule has 0 saturated carbocycles. The zero-order valence-electron chi connectivity index (χ0n) is 7.47. The first kappa shape index (κ1) is 10.4. The summed E-state index contributed by atoms with van der Waals surface area (Å²) in [4.78, 5) is 3.99. The molecule has 0 radical (unpaired) electrons. The van der Waals surface area contributed by atoms with Crippen LogP contribution in [0.25, 0.3) is 11.1 Å². The summed E-state index contributed by atoms with van der Waals surface area (Å²) in [5.41, 5.74) is 0.912. The quantitative estimate of drug-likeness (QED) is 0.807. The zero-order chi connectivity index (χ0) is 11.1. The Morgan fingerprint density at radius 3 is 2.80 bits per heavy atom. The van der Waals surface area contributed by atoms with Crippen LogP contribution in [0.5, 0.6) is 0 Å². The van der Waals surface area contributed by atoms with Crippen molar-refractivity contribution in [1.29, 1.82) is 0 Å². The van der Waals surface area contributed by atoms with Crippen molar-refractivity contribution in [2.75, 3.05) is 0 Å². The van der Waals surface area contributed by atoms with Crippen LogP contribution in [0.2, 0.25) is 0 Å². The summed E-state index contributed by atoms with van der Waals surface area (Å²) in [5.74, 6) is 0.484. The summed E-state index contributed by atoms with van der Waals surface area (Å²) >= 11 is 5.53. The molecule has 1 aromatic carbocycles. The molecule has 0 atom stereocenters. The Morgan fingerprint density at radius 2 is 2.20 bits per heavy atom. The van der Waals surface area contributed by atoms with Crippen molar-refractivity contribution in [2.24, 2.45) is 5.14 Å². The molecule has 0 aliphatic heterocycles. The molecular formula is C8H7ClN2O3S. The minimum Gasteiger partial charge on any atom is -0.439 e. The third kappa shape index (κ3) is 1.97. The molecule has 0 unspecified atom stereocenters. The van der Waals surface area contributed by atoms with Crippen LogP contribution < -0.4 is 5.14 Å². The van der Waals surface area contributed by atoms with Crippen molar-refractivity contribution >= 4 is 32.7 Å². The lowest BCUT2D eigenvalue weighted by Crippen LogP contribution is -2.11. The number of halogens is 1. The van der Waals surface area contributed by atoms with E-state index >= 15 is 0 Å². The van der Waals surface area contributed by atoms with Gasteiger partial charge in [0, 0.05) is 0 Å². The molecule has 5 nitrogen and oxygen atoms in total. The predicted molar refractivity (Wildman–Crippen MR) is 54.9 cm³/mol. The normalized spacial score (nSPS) is 12.1. The van der Waals surface area contributed by atoms with Gasteiger partial charge in [-0.1, -0.05) is 0 Å². The number of fused-ring (bicyclic) bond motifs is 1. The van der Waals surface area contributed by atoms with Crippen molar-refractivity contribution < 1.29 is 12.8 Å². The van der Waals surface area contributed by atoms with Gasteiger partial charge in [0.1, 0.15) is 5.52 Å². The van der Waals surface area contributed by atoms with E-state index in [9.17, 15) is 8.42 Å². The van der Waals surface area contributed by atoms with Crippen molar-refractivity contribution in [1.82, 2.24) is 4.98 Å². The molecular weight excluding hydrogens is 240 g/mol. The molecule has 0 amide bonds. The maximum Gasteiger partial charge on any atom is 0.238 e. The topological polar surface area (TPSA) is 86.2 Å². The molecule has 15 heavy (non-hydrogen) atoms. The van der Waals surface area contributed by atoms with Gasteiger partial charge in [-0.2, -0.15) is 0 Å². The van der Waals surface area contributed by atoms with E-state index in [2.05, 4.69) is 4.98 Å². The number of rotatable bonds is 2. The maximum atomic E-state index is 11.0. The predicted octanol–water partition coefficient (Wildman–Crippen LogP) is 1.21. The average Bonchev–Trinajstić information content (AvgIpc) is 2.57. The summed E-state index contributed by atoms with van der Waals surface area (Å²) in [5, 5.41) is 4.97. The minimum absolute atomic E-state index is 0.00409. The Hall–Kier alpha value is -1.11. The molecule has 2 aromatic rings. The van der Waals surface area contributed by atoms with Crippen LogP contribution in [0.4, 0.5) is 0 Å². The van der Waals surface area contributed by atoms with Gasteiger partial charge in [-0.25, -0.2) is 18.5 Å². The second kappa shape index (κ2) is 3.48. The molecule has 0 fully saturated rings. The Kier molecular flexibility index (Phi) is 2.41. The molecule has 2 N–H and O–H groups in total. The molecule has 0 spiro atoms. The monoisotopic (exact) mass is 246 g/mol. The summed E-state index contributed by atoms with van der Waals surface area (Å²) in [6.07, 6.45) is 0. The number of sulfonamides is 1. The van der Waals surface area contributed by atoms with E-state index in [0.29, 0.717) is 17.0 Å². The largest absolute Gasteiger partial charge is 0.439 e. The van der Waals surface area contributed by atoms with E-state index < -0.39 is 10.0 Å². The van der Waals surface area contributed by atoms with Crippen LogP contribution >= 0.6 is 11.6 Å². The molecule has 1 heterocycles. The maximum absolute atomic E-state index is 11.0. The van der Waals surface area contributed by atoms with Gasteiger partial charge in [-0.05, 0) is 18.2 Å². The van der Waals surface area contributed by atoms with Crippen molar-refractivity contribution in [2.45, 2.75) is 10.8 Å². The standard InChI is InChI=1S/C8H7ClN2O3S/c9-4-8-11-6-3-5(15(10,12)13)1-2-7(6)14-8/h1-3H,4H2,(H2,10,12,13). The van der Waals surface area contributed by atoms with E-state index in [1.54, 1.807) is 0 Å². The Bertz CT molecular complexity index is 605. The van der Waals surface area contributed by atoms with Gasteiger partial charge in [-0.3, -0.25) is 0 Å². The Morgan fingerprint density at radius 1 is 1.47 bits per heavy atom. The van der Waals surface area contributed by atoms with E-state index in [1.807, 2.05) is 0 Å². The lowest BCUT2D eigenvalue weighted by molar-refractivity contribution is 0.555. The summed E-state index contributed by atoms with van der Waals surface area (Å²) in [6, 6.07) is 4.21. The lowest BCUT2D eigenvalue weighted by atomic mass is 10.3. The number of oxazole rings is 1. The fraction of sp³-hybridized carbons (Fsp3) is 0.125.